The van der Waals surface area contributed by atoms with Crippen molar-refractivity contribution in [3.63, 3.8) is 0 Å². The highest BCUT2D eigenvalue weighted by Crippen LogP contribution is 2.28. The topological polar surface area (TPSA) is 91.5 Å². The minimum absolute atomic E-state index is 0.0562. The van der Waals surface area contributed by atoms with E-state index in [-0.39, 0.29) is 29.5 Å². The number of carbonyl (C=O) groups is 2. The Morgan fingerprint density at radius 2 is 1.79 bits per heavy atom. The van der Waals surface area contributed by atoms with E-state index in [9.17, 15) is 14.4 Å². The number of aromatic amines is 1. The van der Waals surface area contributed by atoms with Crippen LogP contribution >= 0.6 is 0 Å². The molecule has 8 nitrogen and oxygen atoms in total. The number of hydrogen-bond acceptors (Lipinski definition) is 4. The first-order chi connectivity index (χ1) is 15.9. The lowest BCUT2D eigenvalue weighted by atomic mass is 9.94. The summed E-state index contributed by atoms with van der Waals surface area (Å²) < 4.78 is 7.36. The van der Waals surface area contributed by atoms with E-state index >= 15 is 0 Å². The fraction of sp³-hybridized carbons (Fsp3) is 0.480. The van der Waals surface area contributed by atoms with Crippen molar-refractivity contribution in [1.29, 1.82) is 0 Å². The van der Waals surface area contributed by atoms with Gasteiger partial charge in [-0.1, -0.05) is 12.1 Å². The fourth-order valence-corrected chi connectivity index (χ4v) is 5.42. The van der Waals surface area contributed by atoms with E-state index in [1.165, 1.54) is 0 Å². The van der Waals surface area contributed by atoms with Gasteiger partial charge in [-0.2, -0.15) is 0 Å². The van der Waals surface area contributed by atoms with Crippen LogP contribution in [0.3, 0.4) is 0 Å². The van der Waals surface area contributed by atoms with Gasteiger partial charge in [0.15, 0.2) is 0 Å². The third kappa shape index (κ3) is 3.98. The van der Waals surface area contributed by atoms with Gasteiger partial charge in [0.05, 0.1) is 22.5 Å². The molecule has 2 aliphatic heterocycles. The molecule has 4 heterocycles. The molecule has 33 heavy (non-hydrogen) atoms. The first-order valence-electron chi connectivity index (χ1n) is 11.8. The number of imidazole rings is 1. The van der Waals surface area contributed by atoms with Gasteiger partial charge < -0.3 is 19.2 Å². The van der Waals surface area contributed by atoms with Gasteiger partial charge in [-0.05, 0) is 57.7 Å². The molecule has 2 saturated heterocycles. The van der Waals surface area contributed by atoms with E-state index in [0.29, 0.717) is 37.5 Å². The number of rotatable bonds is 3. The van der Waals surface area contributed by atoms with Crippen molar-refractivity contribution >= 4 is 22.8 Å². The largest absolute Gasteiger partial charge is 0.466 e. The number of nitrogens with zero attached hydrogens (tertiary/aromatic N) is 3. The van der Waals surface area contributed by atoms with Crippen LogP contribution in [0.4, 0.5) is 0 Å². The molecular formula is C25H30N4O4. The van der Waals surface area contributed by atoms with Crippen LogP contribution in [0.15, 0.2) is 39.5 Å². The number of H-pyrrole nitrogens is 1. The van der Waals surface area contributed by atoms with Crippen molar-refractivity contribution in [2.45, 2.75) is 45.6 Å². The molecule has 2 aromatic heterocycles. The van der Waals surface area contributed by atoms with Gasteiger partial charge in [-0.3, -0.25) is 14.2 Å². The zero-order valence-electron chi connectivity index (χ0n) is 19.2. The van der Waals surface area contributed by atoms with Gasteiger partial charge in [0.1, 0.15) is 11.5 Å². The summed E-state index contributed by atoms with van der Waals surface area (Å²) in [6.45, 7) is 6.00. The average Bonchev–Trinajstić information content (AvgIpc) is 3.35. The van der Waals surface area contributed by atoms with Crippen LogP contribution in [0.1, 0.15) is 53.6 Å². The molecule has 0 spiro atoms. The van der Waals surface area contributed by atoms with Crippen molar-refractivity contribution in [2.75, 3.05) is 26.2 Å². The number of fused-ring (bicyclic) bond motifs is 1. The Kier molecular flexibility index (Phi) is 5.60. The van der Waals surface area contributed by atoms with Gasteiger partial charge in [0, 0.05) is 32.2 Å². The maximum absolute atomic E-state index is 13.3. The monoisotopic (exact) mass is 450 g/mol. The van der Waals surface area contributed by atoms with E-state index in [2.05, 4.69) is 4.98 Å². The third-order valence-corrected chi connectivity index (χ3v) is 7.09. The quantitative estimate of drug-likeness (QED) is 0.663. The molecule has 0 radical (unpaired) electrons. The summed E-state index contributed by atoms with van der Waals surface area (Å²) in [6, 6.07) is 9.58. The minimum Gasteiger partial charge on any atom is -0.466 e. The highest BCUT2D eigenvalue weighted by Gasteiger charge is 2.34. The number of benzene rings is 1. The Labute approximate surface area is 192 Å². The Morgan fingerprint density at radius 3 is 2.52 bits per heavy atom. The van der Waals surface area contributed by atoms with Crippen molar-refractivity contribution in [1.82, 2.24) is 19.4 Å². The molecule has 3 aromatic rings. The average molecular weight is 451 g/mol. The predicted molar refractivity (Wildman–Crippen MR) is 124 cm³/mol. The highest BCUT2D eigenvalue weighted by atomic mass is 16.3. The minimum atomic E-state index is -0.177. The number of hydrogen-bond donors (Lipinski definition) is 1. The molecule has 174 valence electrons. The van der Waals surface area contributed by atoms with Crippen LogP contribution in [0.5, 0.6) is 0 Å². The Balaban J connectivity index is 1.23. The van der Waals surface area contributed by atoms with E-state index in [0.717, 1.165) is 42.5 Å². The number of amides is 2. The summed E-state index contributed by atoms with van der Waals surface area (Å²) in [5, 5.41) is 0. The van der Waals surface area contributed by atoms with Gasteiger partial charge in [0.25, 0.3) is 5.91 Å². The smallest absolute Gasteiger partial charge is 0.326 e. The number of aromatic nitrogens is 2. The van der Waals surface area contributed by atoms with E-state index in [1.54, 1.807) is 17.9 Å². The summed E-state index contributed by atoms with van der Waals surface area (Å²) >= 11 is 0. The molecule has 2 aliphatic rings. The van der Waals surface area contributed by atoms with Crippen molar-refractivity contribution in [3.8, 4) is 0 Å². The van der Waals surface area contributed by atoms with Gasteiger partial charge >= 0.3 is 5.69 Å². The summed E-state index contributed by atoms with van der Waals surface area (Å²) in [4.78, 5) is 45.5. The molecule has 8 heteroatoms. The zero-order valence-corrected chi connectivity index (χ0v) is 19.2. The Morgan fingerprint density at radius 1 is 1.03 bits per heavy atom. The number of furan rings is 1. The maximum atomic E-state index is 13.3. The van der Waals surface area contributed by atoms with Gasteiger partial charge in [-0.15, -0.1) is 0 Å². The van der Waals surface area contributed by atoms with Crippen LogP contribution in [-0.4, -0.2) is 57.3 Å². The number of nitrogens with one attached hydrogen (secondary N) is 1. The van der Waals surface area contributed by atoms with Crippen molar-refractivity contribution in [2.24, 2.45) is 5.92 Å². The van der Waals surface area contributed by atoms with Gasteiger partial charge in [-0.25, -0.2) is 4.79 Å². The molecule has 1 unspecified atom stereocenters. The lowest BCUT2D eigenvalue weighted by Crippen LogP contribution is -2.49. The summed E-state index contributed by atoms with van der Waals surface area (Å²) in [5.74, 6) is 1.23. The number of piperidine rings is 2. The first kappa shape index (κ1) is 21.6. The standard InChI is InChI=1S/C25H30N4O4/c1-16-14-20(17(2)33-16)24(31)28-11-5-6-18(15-28)23(30)27-12-9-19(10-13-27)29-22-8-4-3-7-21(22)26-25(29)32/h3-4,7-8,14,18-19H,5-6,9-13,15H2,1-2H3,(H,26,32). The van der Waals surface area contributed by atoms with Crippen LogP contribution in [0, 0.1) is 19.8 Å². The summed E-state index contributed by atoms with van der Waals surface area (Å²) in [6.07, 6.45) is 3.11. The molecule has 2 amide bonds. The van der Waals surface area contributed by atoms with Gasteiger partial charge in [0.2, 0.25) is 5.91 Å². The molecule has 0 saturated carbocycles. The summed E-state index contributed by atoms with van der Waals surface area (Å²) in [7, 11) is 0. The van der Waals surface area contributed by atoms with Crippen LogP contribution < -0.4 is 5.69 Å². The second-order valence-corrected chi connectivity index (χ2v) is 9.29. The summed E-state index contributed by atoms with van der Waals surface area (Å²) in [5.41, 5.74) is 2.26. The SMILES string of the molecule is Cc1cc(C(=O)N2CCCC(C(=O)N3CCC(n4c(=O)[nH]c5ccccc54)CC3)C2)c(C)o1. The second-order valence-electron chi connectivity index (χ2n) is 9.29. The fourth-order valence-electron chi connectivity index (χ4n) is 5.42. The highest BCUT2D eigenvalue weighted by molar-refractivity contribution is 5.95. The number of carbonyl (C=O) groups excluding carboxylic acids is 2. The predicted octanol–water partition coefficient (Wildman–Crippen LogP) is 3.26. The zero-order chi connectivity index (χ0) is 23.1. The molecule has 1 atom stereocenters. The molecule has 1 aromatic carbocycles. The number of likely N-dealkylation sites (tertiary alicyclic amines) is 2. The lowest BCUT2D eigenvalue weighted by molar-refractivity contribution is -0.138. The maximum Gasteiger partial charge on any atom is 0.326 e. The third-order valence-electron chi connectivity index (χ3n) is 7.09. The molecule has 0 bridgehead atoms. The molecule has 5 rings (SSSR count). The second kappa shape index (κ2) is 8.57. The van der Waals surface area contributed by atoms with Crippen LogP contribution in [-0.2, 0) is 4.79 Å². The lowest BCUT2D eigenvalue weighted by Gasteiger charge is -2.38. The normalized spacial score (nSPS) is 19.9. The molecular weight excluding hydrogens is 420 g/mol. The van der Waals surface area contributed by atoms with E-state index < -0.39 is 0 Å². The Bertz CT molecular complexity index is 1240. The molecule has 2 fully saturated rings. The van der Waals surface area contributed by atoms with E-state index in [1.807, 2.05) is 40.7 Å². The number of para-hydroxylation sites is 2. The van der Waals surface area contributed by atoms with Crippen molar-refractivity contribution < 1.29 is 14.0 Å². The first-order valence-corrected chi connectivity index (χ1v) is 11.8. The van der Waals surface area contributed by atoms with Crippen molar-refractivity contribution in [3.05, 3.63) is 57.9 Å². The van der Waals surface area contributed by atoms with Crippen LogP contribution in [0.2, 0.25) is 0 Å². The Hall–Kier alpha value is -3.29. The molecule has 0 aliphatic carbocycles. The van der Waals surface area contributed by atoms with E-state index in [4.69, 9.17) is 4.42 Å². The van der Waals surface area contributed by atoms with Crippen LogP contribution in [0.25, 0.3) is 11.0 Å². The number of aryl methyl sites for hydroxylation is 2. The molecule has 1 N–H and O–H groups in total.